The predicted octanol–water partition coefficient (Wildman–Crippen LogP) is 2.42. The molecule has 1 aliphatic rings. The Morgan fingerprint density at radius 2 is 1.88 bits per heavy atom. The smallest absolute Gasteiger partial charge is 0.138 e. The molecular weight excluding hydrogens is 228 g/mol. The largest absolute Gasteiger partial charge is 0.496 e. The maximum Gasteiger partial charge on any atom is 0.138 e. The van der Waals surface area contributed by atoms with E-state index in [1.807, 2.05) is 6.07 Å². The van der Waals surface area contributed by atoms with Gasteiger partial charge in [0.2, 0.25) is 0 Å². The lowest BCUT2D eigenvalue weighted by molar-refractivity contribution is 0.150. The molecule has 3 nitrogen and oxygen atoms in total. The number of rotatable bonds is 4. The van der Waals surface area contributed by atoms with Crippen LogP contribution in [-0.4, -0.2) is 24.9 Å². The van der Waals surface area contributed by atoms with Crippen LogP contribution in [0.15, 0.2) is 12.1 Å². The molecule has 1 aliphatic carbocycles. The van der Waals surface area contributed by atoms with Crippen molar-refractivity contribution in [2.75, 3.05) is 14.2 Å². The van der Waals surface area contributed by atoms with Crippen LogP contribution in [0.3, 0.4) is 0 Å². The van der Waals surface area contributed by atoms with Crippen molar-refractivity contribution >= 4 is 11.6 Å². The van der Waals surface area contributed by atoms with E-state index in [-0.39, 0.29) is 0 Å². The minimum absolute atomic E-state index is 0.519. The van der Waals surface area contributed by atoms with Gasteiger partial charge in [-0.1, -0.05) is 11.6 Å². The summed E-state index contributed by atoms with van der Waals surface area (Å²) in [6.45, 7) is 0. The van der Waals surface area contributed by atoms with Crippen LogP contribution in [0.25, 0.3) is 0 Å². The number of aliphatic hydroxyl groups is 1. The van der Waals surface area contributed by atoms with Crippen LogP contribution in [0, 0.1) is 0 Å². The first-order chi connectivity index (χ1) is 7.58. The van der Waals surface area contributed by atoms with E-state index in [4.69, 9.17) is 21.1 Å². The second-order valence-electron chi connectivity index (χ2n) is 4.20. The summed E-state index contributed by atoms with van der Waals surface area (Å²) >= 11 is 6.00. The molecule has 88 valence electrons. The fraction of sp³-hybridized carbons (Fsp3) is 0.500. The summed E-state index contributed by atoms with van der Waals surface area (Å²) in [6.07, 6.45) is 2.28. The van der Waals surface area contributed by atoms with Gasteiger partial charge >= 0.3 is 0 Å². The van der Waals surface area contributed by atoms with E-state index >= 15 is 0 Å². The Balaban J connectivity index is 2.33. The number of benzene rings is 1. The highest BCUT2D eigenvalue weighted by Crippen LogP contribution is 2.42. The summed E-state index contributed by atoms with van der Waals surface area (Å²) in [4.78, 5) is 0. The Labute approximate surface area is 99.9 Å². The third kappa shape index (κ3) is 2.25. The number of methoxy groups -OCH3 is 2. The van der Waals surface area contributed by atoms with Crippen molar-refractivity contribution in [3.8, 4) is 11.5 Å². The number of ether oxygens (including phenoxy) is 2. The zero-order chi connectivity index (χ0) is 11.8. The molecule has 0 aliphatic heterocycles. The van der Waals surface area contributed by atoms with Gasteiger partial charge in [0, 0.05) is 18.1 Å². The summed E-state index contributed by atoms with van der Waals surface area (Å²) in [7, 11) is 3.17. The van der Waals surface area contributed by atoms with Gasteiger partial charge in [-0.2, -0.15) is 0 Å². The normalized spacial score (nSPS) is 17.0. The first-order valence-corrected chi connectivity index (χ1v) is 5.58. The van der Waals surface area contributed by atoms with Crippen molar-refractivity contribution in [2.24, 2.45) is 0 Å². The van der Waals surface area contributed by atoms with Gasteiger partial charge in [0.1, 0.15) is 11.5 Å². The highest BCUT2D eigenvalue weighted by Gasteiger charge is 2.41. The zero-order valence-electron chi connectivity index (χ0n) is 9.42. The zero-order valence-corrected chi connectivity index (χ0v) is 10.2. The molecule has 4 heteroatoms. The summed E-state index contributed by atoms with van der Waals surface area (Å²) in [5.74, 6) is 1.31. The van der Waals surface area contributed by atoms with E-state index in [9.17, 15) is 5.11 Å². The molecule has 0 heterocycles. The van der Waals surface area contributed by atoms with Gasteiger partial charge in [0.05, 0.1) is 24.8 Å². The molecule has 0 radical (unpaired) electrons. The van der Waals surface area contributed by atoms with Crippen molar-refractivity contribution in [1.82, 2.24) is 0 Å². The van der Waals surface area contributed by atoms with Gasteiger partial charge in [-0.25, -0.2) is 0 Å². The highest BCUT2D eigenvalue weighted by molar-refractivity contribution is 6.32. The fourth-order valence-electron chi connectivity index (χ4n) is 1.74. The van der Waals surface area contributed by atoms with Crippen LogP contribution < -0.4 is 9.47 Å². The van der Waals surface area contributed by atoms with Crippen LogP contribution >= 0.6 is 11.6 Å². The first kappa shape index (κ1) is 11.6. The van der Waals surface area contributed by atoms with Crippen molar-refractivity contribution in [3.63, 3.8) is 0 Å². The van der Waals surface area contributed by atoms with Crippen LogP contribution in [0.1, 0.15) is 18.4 Å². The van der Waals surface area contributed by atoms with Crippen LogP contribution in [-0.2, 0) is 6.42 Å². The Morgan fingerprint density at radius 1 is 1.25 bits per heavy atom. The summed E-state index contributed by atoms with van der Waals surface area (Å²) in [5, 5.41) is 10.4. The summed E-state index contributed by atoms with van der Waals surface area (Å²) in [5.41, 5.74) is 0.385. The van der Waals surface area contributed by atoms with Gasteiger partial charge in [-0.05, 0) is 18.9 Å². The first-order valence-electron chi connectivity index (χ1n) is 5.21. The van der Waals surface area contributed by atoms with Gasteiger partial charge in [0.15, 0.2) is 0 Å². The van der Waals surface area contributed by atoms with E-state index in [0.29, 0.717) is 22.9 Å². The number of halogens is 1. The SMILES string of the molecule is COc1cc(CC2(O)CC2)c(OC)cc1Cl. The molecule has 1 N–H and O–H groups in total. The van der Waals surface area contributed by atoms with Crippen molar-refractivity contribution in [1.29, 1.82) is 0 Å². The Hall–Kier alpha value is -0.930. The molecule has 1 saturated carbocycles. The molecule has 0 spiro atoms. The van der Waals surface area contributed by atoms with Crippen LogP contribution in [0.4, 0.5) is 0 Å². The number of hydrogen-bond donors (Lipinski definition) is 1. The van der Waals surface area contributed by atoms with Crippen molar-refractivity contribution in [3.05, 3.63) is 22.7 Å². The summed E-state index contributed by atoms with van der Waals surface area (Å²) in [6, 6.07) is 3.55. The Bertz CT molecular complexity index is 399. The Morgan fingerprint density at radius 3 is 2.38 bits per heavy atom. The standard InChI is InChI=1S/C12H15ClO3/c1-15-10-6-9(13)11(16-2)5-8(10)7-12(14)3-4-12/h5-6,14H,3-4,7H2,1-2H3. The quantitative estimate of drug-likeness (QED) is 0.881. The van der Waals surface area contributed by atoms with Crippen molar-refractivity contribution < 1.29 is 14.6 Å². The minimum atomic E-state index is -0.549. The molecule has 0 unspecified atom stereocenters. The lowest BCUT2D eigenvalue weighted by Gasteiger charge is -2.14. The maximum absolute atomic E-state index is 9.91. The molecule has 1 aromatic rings. The van der Waals surface area contributed by atoms with Crippen LogP contribution in [0.5, 0.6) is 11.5 Å². The molecule has 1 fully saturated rings. The van der Waals surface area contributed by atoms with Crippen LogP contribution in [0.2, 0.25) is 5.02 Å². The molecule has 0 aromatic heterocycles. The number of hydrogen-bond acceptors (Lipinski definition) is 3. The van der Waals surface area contributed by atoms with E-state index in [2.05, 4.69) is 0 Å². The summed E-state index contributed by atoms with van der Waals surface area (Å²) < 4.78 is 10.4. The lowest BCUT2D eigenvalue weighted by Crippen LogP contribution is -2.11. The minimum Gasteiger partial charge on any atom is -0.496 e. The monoisotopic (exact) mass is 242 g/mol. The molecular formula is C12H15ClO3. The van der Waals surface area contributed by atoms with Gasteiger partial charge in [-0.15, -0.1) is 0 Å². The predicted molar refractivity (Wildman–Crippen MR) is 62.4 cm³/mol. The highest BCUT2D eigenvalue weighted by atomic mass is 35.5. The molecule has 0 saturated heterocycles. The van der Waals surface area contributed by atoms with E-state index in [1.165, 1.54) is 0 Å². The molecule has 2 rings (SSSR count). The molecule has 0 bridgehead atoms. The molecule has 0 atom stereocenters. The van der Waals surface area contributed by atoms with E-state index < -0.39 is 5.60 Å². The average Bonchev–Trinajstić information content (AvgIpc) is 2.98. The fourth-order valence-corrected chi connectivity index (χ4v) is 1.97. The second-order valence-corrected chi connectivity index (χ2v) is 4.61. The van der Waals surface area contributed by atoms with E-state index in [0.717, 1.165) is 18.4 Å². The van der Waals surface area contributed by atoms with Crippen molar-refractivity contribution in [2.45, 2.75) is 24.9 Å². The average molecular weight is 243 g/mol. The third-order valence-corrected chi connectivity index (χ3v) is 3.20. The Kier molecular flexibility index (Phi) is 3.00. The molecule has 1 aromatic carbocycles. The topological polar surface area (TPSA) is 38.7 Å². The van der Waals surface area contributed by atoms with Gasteiger partial charge in [-0.3, -0.25) is 0 Å². The van der Waals surface area contributed by atoms with Gasteiger partial charge < -0.3 is 14.6 Å². The third-order valence-electron chi connectivity index (χ3n) is 2.90. The molecule has 0 amide bonds. The molecule has 16 heavy (non-hydrogen) atoms. The van der Waals surface area contributed by atoms with Gasteiger partial charge in [0.25, 0.3) is 0 Å². The maximum atomic E-state index is 9.91. The second kappa shape index (κ2) is 4.15. The van der Waals surface area contributed by atoms with E-state index in [1.54, 1.807) is 20.3 Å². The lowest BCUT2D eigenvalue weighted by atomic mass is 10.1.